The monoisotopic (exact) mass is 777 g/mol. The Morgan fingerprint density at radius 3 is 1.86 bits per heavy atom. The minimum absolute atomic E-state index is 0.0240. The number of nitrogens with zero attached hydrogens (tertiary/aromatic N) is 2. The average molecular weight is 778 g/mol. The van der Waals surface area contributed by atoms with Gasteiger partial charge in [0.05, 0.1) is 12.8 Å². The zero-order valence-electron chi connectivity index (χ0n) is 33.0. The van der Waals surface area contributed by atoms with Crippen molar-refractivity contribution in [3.8, 4) is 10.4 Å². The van der Waals surface area contributed by atoms with Gasteiger partial charge in [-0.15, -0.1) is 11.3 Å². The van der Waals surface area contributed by atoms with E-state index in [2.05, 4.69) is 90.0 Å². The predicted molar refractivity (Wildman–Crippen MR) is 232 cm³/mol. The second kappa shape index (κ2) is 18.1. The van der Waals surface area contributed by atoms with Gasteiger partial charge in [-0.3, -0.25) is 14.6 Å². The van der Waals surface area contributed by atoms with Gasteiger partial charge in [0, 0.05) is 35.0 Å². The molecule has 292 valence electrons. The van der Waals surface area contributed by atoms with E-state index in [1.807, 2.05) is 59.5 Å². The fourth-order valence-corrected chi connectivity index (χ4v) is 9.39. The first-order chi connectivity index (χ1) is 27.8. The Labute approximate surface area is 340 Å². The summed E-state index contributed by atoms with van der Waals surface area (Å²) in [7, 11) is 3.01. The van der Waals surface area contributed by atoms with E-state index in [-0.39, 0.29) is 23.8 Å². The van der Waals surface area contributed by atoms with Crippen LogP contribution in [0.5, 0.6) is 0 Å². The van der Waals surface area contributed by atoms with E-state index in [0.29, 0.717) is 34.3 Å². The van der Waals surface area contributed by atoms with Gasteiger partial charge in [-0.05, 0) is 104 Å². The lowest BCUT2D eigenvalue weighted by molar-refractivity contribution is -0.124. The molecule has 0 radical (unpaired) electrons. The molecule has 5 aromatic rings. The van der Waals surface area contributed by atoms with Crippen molar-refractivity contribution in [2.75, 3.05) is 24.4 Å². The van der Waals surface area contributed by atoms with E-state index in [1.54, 1.807) is 13.1 Å². The van der Waals surface area contributed by atoms with Crippen LogP contribution in [-0.2, 0) is 19.7 Å². The second-order valence-corrected chi connectivity index (χ2v) is 16.4. The summed E-state index contributed by atoms with van der Waals surface area (Å²) in [5, 5.41) is 3.02. The van der Waals surface area contributed by atoms with Gasteiger partial charge in [-0.25, -0.2) is 4.79 Å². The van der Waals surface area contributed by atoms with E-state index in [9.17, 15) is 14.4 Å². The summed E-state index contributed by atoms with van der Waals surface area (Å²) in [6.45, 7) is 2.26. The summed E-state index contributed by atoms with van der Waals surface area (Å²) in [4.78, 5) is 48.5. The third-order valence-corrected chi connectivity index (χ3v) is 12.9. The standard InChI is InChI=1S/C49H51N3O4S/c1-34-24-26-36(27-25-34)47(54)52(41-21-13-22-41)43-33-44(57-45(43)48(55)56-3)35-28-30-40(31-29-35)51-46(53)42(50-2)23-14-32-49(37-15-7-4-8-16-37,38-17-9-5-10-18-38)39-19-11-6-12-20-39/h4-12,14-20,23,28-31,33-34,36,41H,13,21-22,24-27,32H2,1-3H3,(H,51,53)/b23-14-,50-42?. The predicted octanol–water partition coefficient (Wildman–Crippen LogP) is 10.9. The van der Waals surface area contributed by atoms with Crippen molar-refractivity contribution in [1.29, 1.82) is 0 Å². The van der Waals surface area contributed by atoms with Crippen molar-refractivity contribution in [1.82, 2.24) is 0 Å². The Hall–Kier alpha value is -5.60. The second-order valence-electron chi connectivity index (χ2n) is 15.3. The Balaban J connectivity index is 1.10. The third-order valence-electron chi connectivity index (χ3n) is 11.8. The van der Waals surface area contributed by atoms with Crippen LogP contribution in [0.3, 0.4) is 0 Å². The smallest absolute Gasteiger partial charge is 0.350 e. The van der Waals surface area contributed by atoms with Crippen LogP contribution in [-0.4, -0.2) is 43.7 Å². The van der Waals surface area contributed by atoms with Crippen molar-refractivity contribution in [2.24, 2.45) is 16.8 Å². The third kappa shape index (κ3) is 8.57. The minimum atomic E-state index is -0.488. The molecular formula is C49H51N3O4S. The fraction of sp³-hybridized carbons (Fsp3) is 0.306. The molecule has 2 aliphatic rings. The highest BCUT2D eigenvalue weighted by molar-refractivity contribution is 7.18. The molecule has 8 heteroatoms. The van der Waals surface area contributed by atoms with Gasteiger partial charge in [-0.2, -0.15) is 0 Å². The SMILES string of the molecule is CN=C(/C=C\CC(c1ccccc1)(c1ccccc1)c1ccccc1)C(=O)Nc1ccc(-c2cc(N(C(=O)C3CCC(C)CC3)C3CCC3)c(C(=O)OC)s2)cc1. The van der Waals surface area contributed by atoms with Gasteiger partial charge in [-0.1, -0.05) is 116 Å². The summed E-state index contributed by atoms with van der Waals surface area (Å²) < 4.78 is 5.23. The number of ether oxygens (including phenoxy) is 1. The number of hydrogen-bond donors (Lipinski definition) is 1. The maximum Gasteiger partial charge on any atom is 0.350 e. The zero-order chi connectivity index (χ0) is 39.8. The molecule has 2 amide bonds. The number of carbonyl (C=O) groups excluding carboxylic acids is 3. The lowest BCUT2D eigenvalue weighted by Crippen LogP contribution is -2.48. The number of hydrogen-bond acceptors (Lipinski definition) is 6. The molecule has 0 bridgehead atoms. The molecule has 1 N–H and O–H groups in total. The lowest BCUT2D eigenvalue weighted by Gasteiger charge is -2.40. The van der Waals surface area contributed by atoms with Gasteiger partial charge in [0.15, 0.2) is 0 Å². The number of carbonyl (C=O) groups is 3. The maximum absolute atomic E-state index is 14.1. The number of benzene rings is 4. The van der Waals surface area contributed by atoms with E-state index in [1.165, 1.54) is 18.4 Å². The summed E-state index contributed by atoms with van der Waals surface area (Å²) in [5.41, 5.74) is 5.44. The van der Waals surface area contributed by atoms with Crippen molar-refractivity contribution >= 4 is 46.2 Å². The Morgan fingerprint density at radius 1 is 0.807 bits per heavy atom. The zero-order valence-corrected chi connectivity index (χ0v) is 33.8. The molecule has 0 spiro atoms. The molecule has 4 aromatic carbocycles. The fourth-order valence-electron chi connectivity index (χ4n) is 8.32. The van der Waals surface area contributed by atoms with Gasteiger partial charge in [0.1, 0.15) is 10.6 Å². The molecule has 2 saturated carbocycles. The highest BCUT2D eigenvalue weighted by Crippen LogP contribution is 2.44. The van der Waals surface area contributed by atoms with E-state index >= 15 is 0 Å². The number of rotatable bonds is 13. The van der Waals surface area contributed by atoms with E-state index in [4.69, 9.17) is 4.74 Å². The first-order valence-electron chi connectivity index (χ1n) is 20.1. The van der Waals surface area contributed by atoms with Crippen LogP contribution in [0.25, 0.3) is 10.4 Å². The van der Waals surface area contributed by atoms with Gasteiger partial charge >= 0.3 is 5.97 Å². The molecule has 0 aliphatic heterocycles. The number of aliphatic imine (C=N–C) groups is 1. The molecule has 7 nitrogen and oxygen atoms in total. The van der Waals surface area contributed by atoms with Crippen molar-refractivity contribution in [3.05, 3.63) is 155 Å². The first kappa shape index (κ1) is 39.6. The van der Waals surface area contributed by atoms with Crippen LogP contribution in [0.1, 0.15) is 84.7 Å². The Morgan fingerprint density at radius 2 is 1.37 bits per heavy atom. The highest BCUT2D eigenvalue weighted by atomic mass is 32.1. The number of allylic oxidation sites excluding steroid dienone is 1. The number of anilines is 2. The molecule has 2 aliphatic carbocycles. The molecular weight excluding hydrogens is 727 g/mol. The molecule has 0 saturated heterocycles. The lowest BCUT2D eigenvalue weighted by atomic mass is 9.67. The van der Waals surface area contributed by atoms with Crippen molar-refractivity contribution in [2.45, 2.75) is 69.7 Å². The van der Waals surface area contributed by atoms with Crippen LogP contribution in [0.15, 0.2) is 138 Å². The van der Waals surface area contributed by atoms with Crippen LogP contribution in [0.2, 0.25) is 0 Å². The summed E-state index contributed by atoms with van der Waals surface area (Å²) >= 11 is 1.34. The number of thiophene rings is 1. The minimum Gasteiger partial charge on any atom is -0.465 e. The van der Waals surface area contributed by atoms with E-state index < -0.39 is 11.4 Å². The quantitative estimate of drug-likeness (QED) is 0.0732. The van der Waals surface area contributed by atoms with Crippen molar-refractivity contribution < 1.29 is 19.1 Å². The van der Waals surface area contributed by atoms with Crippen LogP contribution < -0.4 is 10.2 Å². The summed E-state index contributed by atoms with van der Waals surface area (Å²) in [6.07, 6.45) is 11.3. The molecule has 0 unspecified atom stereocenters. The summed E-state index contributed by atoms with van der Waals surface area (Å²) in [5.74, 6) is -0.00632. The molecule has 57 heavy (non-hydrogen) atoms. The van der Waals surface area contributed by atoms with Crippen LogP contribution in [0.4, 0.5) is 11.4 Å². The number of esters is 1. The van der Waals surface area contributed by atoms with Crippen LogP contribution >= 0.6 is 11.3 Å². The van der Waals surface area contributed by atoms with Gasteiger partial charge in [0.2, 0.25) is 5.91 Å². The number of nitrogens with one attached hydrogen (secondary N) is 1. The van der Waals surface area contributed by atoms with E-state index in [0.717, 1.165) is 72.1 Å². The first-order valence-corrected chi connectivity index (χ1v) is 20.9. The molecule has 1 heterocycles. The maximum atomic E-state index is 14.1. The van der Waals surface area contributed by atoms with Crippen LogP contribution in [0, 0.1) is 11.8 Å². The largest absolute Gasteiger partial charge is 0.465 e. The topological polar surface area (TPSA) is 88.1 Å². The number of amides is 2. The molecule has 7 rings (SSSR count). The Kier molecular flexibility index (Phi) is 12.6. The average Bonchev–Trinajstić information content (AvgIpc) is 3.68. The molecule has 2 fully saturated rings. The molecule has 0 atom stereocenters. The van der Waals surface area contributed by atoms with Gasteiger partial charge < -0.3 is 15.0 Å². The van der Waals surface area contributed by atoms with Crippen molar-refractivity contribution in [3.63, 3.8) is 0 Å². The Bertz CT molecular complexity index is 2100. The number of methoxy groups -OCH3 is 1. The molecule has 1 aromatic heterocycles. The normalized spacial score (nSPS) is 17.5. The van der Waals surface area contributed by atoms with Gasteiger partial charge in [0.25, 0.3) is 5.91 Å². The highest BCUT2D eigenvalue weighted by Gasteiger charge is 2.39. The summed E-state index contributed by atoms with van der Waals surface area (Å²) in [6, 6.07) is 41.1.